The minimum atomic E-state index is 0.764. The van der Waals surface area contributed by atoms with Gasteiger partial charge >= 0.3 is 0 Å². The Morgan fingerprint density at radius 2 is 1.21 bits per heavy atom. The summed E-state index contributed by atoms with van der Waals surface area (Å²) in [7, 11) is 0. The summed E-state index contributed by atoms with van der Waals surface area (Å²) in [6, 6.07) is 40.4. The van der Waals surface area contributed by atoms with Crippen LogP contribution in [0.5, 0.6) is 0 Å². The van der Waals surface area contributed by atoms with E-state index in [1.54, 1.807) is 12.4 Å². The standard InChI is InChI=1S/C38H23N3O2/c1-2-5-24(6-3-1)26-10-9-25-11-12-28(20-27(25)19-26)41(29-13-14-34-32(21-29)30-15-17-39-22-36(30)42-34)33-7-4-8-35-38(33)31-16-18-40-23-37(31)43-35/h1-23H. The highest BCUT2D eigenvalue weighted by Gasteiger charge is 2.21. The minimum Gasteiger partial charge on any atom is -0.454 e. The molecule has 9 rings (SSSR count). The van der Waals surface area contributed by atoms with Crippen LogP contribution in [0, 0.1) is 0 Å². The molecule has 5 nitrogen and oxygen atoms in total. The van der Waals surface area contributed by atoms with Crippen molar-refractivity contribution in [2.75, 3.05) is 4.90 Å². The first-order valence-corrected chi connectivity index (χ1v) is 14.2. The highest BCUT2D eigenvalue weighted by molar-refractivity contribution is 6.14. The molecule has 5 heteroatoms. The molecule has 4 aromatic heterocycles. The molecule has 0 aliphatic carbocycles. The molecule has 0 fully saturated rings. The highest BCUT2D eigenvalue weighted by Crippen LogP contribution is 2.44. The van der Waals surface area contributed by atoms with Gasteiger partial charge in [0.2, 0.25) is 0 Å². The van der Waals surface area contributed by atoms with Crippen molar-refractivity contribution in [1.82, 2.24) is 9.97 Å². The molecule has 0 saturated heterocycles. The summed E-state index contributed by atoms with van der Waals surface area (Å²) in [6.07, 6.45) is 7.17. The lowest BCUT2D eigenvalue weighted by molar-refractivity contribution is 0.666. The number of rotatable bonds is 4. The second-order valence-electron chi connectivity index (χ2n) is 10.7. The second kappa shape index (κ2) is 9.29. The SMILES string of the molecule is c1ccc(-c2ccc3ccc(N(c4ccc5oc6cnccc6c5c4)c4cccc5oc6cnccc6c45)cc3c2)cc1. The number of benzene rings is 5. The zero-order valence-electron chi connectivity index (χ0n) is 22.9. The molecule has 4 heterocycles. The van der Waals surface area contributed by atoms with Crippen molar-refractivity contribution in [1.29, 1.82) is 0 Å². The van der Waals surface area contributed by atoms with E-state index in [-0.39, 0.29) is 0 Å². The Hall–Kier alpha value is -5.94. The first-order valence-electron chi connectivity index (χ1n) is 14.2. The van der Waals surface area contributed by atoms with Crippen LogP contribution in [0.4, 0.5) is 17.1 Å². The summed E-state index contributed by atoms with van der Waals surface area (Å²) >= 11 is 0. The van der Waals surface area contributed by atoms with E-state index in [2.05, 4.69) is 93.7 Å². The summed E-state index contributed by atoms with van der Waals surface area (Å²) in [5.74, 6) is 0. The van der Waals surface area contributed by atoms with Gasteiger partial charge in [0.1, 0.15) is 11.2 Å². The van der Waals surface area contributed by atoms with Gasteiger partial charge in [-0.05, 0) is 82.6 Å². The van der Waals surface area contributed by atoms with Crippen LogP contribution in [0.3, 0.4) is 0 Å². The molecule has 43 heavy (non-hydrogen) atoms. The molecule has 0 amide bonds. The normalized spacial score (nSPS) is 11.7. The molecule has 0 bridgehead atoms. The van der Waals surface area contributed by atoms with Crippen LogP contribution in [0.25, 0.3) is 65.8 Å². The van der Waals surface area contributed by atoms with Gasteiger partial charge in [0.15, 0.2) is 11.2 Å². The number of aromatic nitrogens is 2. The molecule has 5 aromatic carbocycles. The van der Waals surface area contributed by atoms with Crippen LogP contribution in [0.1, 0.15) is 0 Å². The van der Waals surface area contributed by atoms with Gasteiger partial charge in [0.05, 0.1) is 23.5 Å². The van der Waals surface area contributed by atoms with Gasteiger partial charge in [-0.2, -0.15) is 0 Å². The summed E-state index contributed by atoms with van der Waals surface area (Å²) in [4.78, 5) is 10.9. The molecular formula is C38H23N3O2. The Labute approximate surface area is 246 Å². The van der Waals surface area contributed by atoms with E-state index in [4.69, 9.17) is 8.83 Å². The van der Waals surface area contributed by atoms with Crippen molar-refractivity contribution >= 4 is 71.7 Å². The second-order valence-corrected chi connectivity index (χ2v) is 10.7. The summed E-state index contributed by atoms with van der Waals surface area (Å²) in [6.45, 7) is 0. The Bertz CT molecular complexity index is 2480. The first-order chi connectivity index (χ1) is 21.3. The van der Waals surface area contributed by atoms with Crippen LogP contribution < -0.4 is 4.90 Å². The van der Waals surface area contributed by atoms with Crippen LogP contribution in [-0.2, 0) is 0 Å². The maximum atomic E-state index is 6.25. The zero-order valence-corrected chi connectivity index (χ0v) is 22.9. The molecule has 0 unspecified atom stereocenters. The Morgan fingerprint density at radius 1 is 0.465 bits per heavy atom. The average Bonchev–Trinajstić information content (AvgIpc) is 3.64. The van der Waals surface area contributed by atoms with E-state index in [9.17, 15) is 0 Å². The maximum absolute atomic E-state index is 6.25. The van der Waals surface area contributed by atoms with Gasteiger partial charge in [-0.25, -0.2) is 0 Å². The predicted molar refractivity (Wildman–Crippen MR) is 174 cm³/mol. The molecule has 0 atom stereocenters. The van der Waals surface area contributed by atoms with Crippen LogP contribution >= 0.6 is 0 Å². The number of hydrogen-bond acceptors (Lipinski definition) is 5. The number of pyridine rings is 2. The molecule has 0 saturated carbocycles. The average molecular weight is 554 g/mol. The summed E-state index contributed by atoms with van der Waals surface area (Å²) in [5.41, 5.74) is 8.65. The number of hydrogen-bond donors (Lipinski definition) is 0. The summed E-state index contributed by atoms with van der Waals surface area (Å²) < 4.78 is 12.4. The van der Waals surface area contributed by atoms with Crippen molar-refractivity contribution in [3.8, 4) is 11.1 Å². The van der Waals surface area contributed by atoms with E-state index < -0.39 is 0 Å². The van der Waals surface area contributed by atoms with Gasteiger partial charge < -0.3 is 13.7 Å². The van der Waals surface area contributed by atoms with Crippen molar-refractivity contribution in [3.63, 3.8) is 0 Å². The van der Waals surface area contributed by atoms with E-state index >= 15 is 0 Å². The predicted octanol–water partition coefficient (Wildman–Crippen LogP) is 10.6. The number of furan rings is 2. The summed E-state index contributed by atoms with van der Waals surface area (Å²) in [5, 5.41) is 6.50. The van der Waals surface area contributed by atoms with Crippen LogP contribution in [0.15, 0.2) is 149 Å². The van der Waals surface area contributed by atoms with E-state index in [0.29, 0.717) is 0 Å². The number of anilines is 3. The smallest absolute Gasteiger partial charge is 0.153 e. The molecular weight excluding hydrogens is 530 g/mol. The fraction of sp³-hybridized carbons (Fsp3) is 0. The molecule has 202 valence electrons. The fourth-order valence-corrected chi connectivity index (χ4v) is 6.22. The largest absolute Gasteiger partial charge is 0.454 e. The molecule has 0 aliphatic heterocycles. The minimum absolute atomic E-state index is 0.764. The Kier molecular flexibility index (Phi) is 5.13. The first kappa shape index (κ1) is 23.7. The molecule has 0 N–H and O–H groups in total. The number of fused-ring (bicyclic) bond motifs is 7. The monoisotopic (exact) mass is 553 g/mol. The third-order valence-electron chi connectivity index (χ3n) is 8.22. The quantitative estimate of drug-likeness (QED) is 0.217. The van der Waals surface area contributed by atoms with E-state index in [0.717, 1.165) is 66.3 Å². The zero-order chi connectivity index (χ0) is 28.3. The van der Waals surface area contributed by atoms with E-state index in [1.165, 1.54) is 16.5 Å². The maximum Gasteiger partial charge on any atom is 0.153 e. The molecule has 0 radical (unpaired) electrons. The van der Waals surface area contributed by atoms with Crippen LogP contribution in [0.2, 0.25) is 0 Å². The van der Waals surface area contributed by atoms with Gasteiger partial charge in [-0.15, -0.1) is 0 Å². The van der Waals surface area contributed by atoms with Gasteiger partial charge in [0, 0.05) is 39.9 Å². The van der Waals surface area contributed by atoms with Crippen molar-refractivity contribution in [2.24, 2.45) is 0 Å². The third kappa shape index (κ3) is 3.79. The molecule has 0 aliphatic rings. The lowest BCUT2D eigenvalue weighted by Crippen LogP contribution is -2.10. The lowest BCUT2D eigenvalue weighted by atomic mass is 10.0. The topological polar surface area (TPSA) is 55.3 Å². The fourth-order valence-electron chi connectivity index (χ4n) is 6.22. The Balaban J connectivity index is 1.32. The molecule has 9 aromatic rings. The van der Waals surface area contributed by atoms with Crippen molar-refractivity contribution in [3.05, 3.63) is 140 Å². The van der Waals surface area contributed by atoms with Crippen molar-refractivity contribution in [2.45, 2.75) is 0 Å². The van der Waals surface area contributed by atoms with Crippen LogP contribution in [-0.4, -0.2) is 9.97 Å². The Morgan fingerprint density at radius 3 is 2.09 bits per heavy atom. The number of nitrogens with zero attached hydrogens (tertiary/aromatic N) is 3. The lowest BCUT2D eigenvalue weighted by Gasteiger charge is -2.26. The van der Waals surface area contributed by atoms with Gasteiger partial charge in [-0.3, -0.25) is 9.97 Å². The van der Waals surface area contributed by atoms with E-state index in [1.807, 2.05) is 48.8 Å². The molecule has 0 spiro atoms. The third-order valence-corrected chi connectivity index (χ3v) is 8.22. The van der Waals surface area contributed by atoms with Gasteiger partial charge in [-0.1, -0.05) is 54.6 Å². The van der Waals surface area contributed by atoms with Gasteiger partial charge in [0.25, 0.3) is 0 Å². The van der Waals surface area contributed by atoms with Crippen molar-refractivity contribution < 1.29 is 8.83 Å². The highest BCUT2D eigenvalue weighted by atomic mass is 16.3.